The van der Waals surface area contributed by atoms with Crippen LogP contribution in [0.5, 0.6) is 0 Å². The van der Waals surface area contributed by atoms with Crippen molar-refractivity contribution in [2.45, 2.75) is 12.7 Å². The van der Waals surface area contributed by atoms with Crippen LogP contribution in [0, 0.1) is 0 Å². The van der Waals surface area contributed by atoms with Gasteiger partial charge in [-0.3, -0.25) is 0 Å². The molecule has 1 aliphatic heterocycles. The fourth-order valence-electron chi connectivity index (χ4n) is 0.613. The first-order valence-electron chi connectivity index (χ1n) is 2.77. The molecule has 0 saturated heterocycles. The highest BCUT2D eigenvalue weighted by molar-refractivity contribution is 9.11. The maximum absolute atomic E-state index is 12.0. The number of hydrogen-bond acceptors (Lipinski definition) is 3. The van der Waals surface area contributed by atoms with Gasteiger partial charge in [-0.1, -0.05) is 0 Å². The largest absolute Gasteiger partial charge is 0.369 e. The van der Waals surface area contributed by atoms with Crippen molar-refractivity contribution in [1.29, 1.82) is 0 Å². The van der Waals surface area contributed by atoms with E-state index in [1.165, 1.54) is 0 Å². The van der Waals surface area contributed by atoms with Gasteiger partial charge < -0.3 is 10.4 Å². The molecule has 6 heteroatoms. The summed E-state index contributed by atoms with van der Waals surface area (Å²) in [6.07, 6.45) is -2.74. The van der Waals surface area contributed by atoms with Crippen LogP contribution < -0.4 is 5.32 Å². The average molecular weight is 227 g/mol. The Morgan fingerprint density at radius 3 is 2.82 bits per heavy atom. The minimum atomic E-state index is -2.67. The number of halogens is 3. The zero-order chi connectivity index (χ0) is 8.43. The van der Waals surface area contributed by atoms with Gasteiger partial charge in [0.2, 0.25) is 0 Å². The lowest BCUT2D eigenvalue weighted by molar-refractivity contribution is 0.170. The molecule has 0 aromatic carbocycles. The maximum Gasteiger partial charge on any atom is 0.281 e. The monoisotopic (exact) mass is 226 g/mol. The van der Waals surface area contributed by atoms with E-state index < -0.39 is 18.4 Å². The third kappa shape index (κ3) is 1.75. The van der Waals surface area contributed by atoms with E-state index in [1.54, 1.807) is 0 Å². The molecule has 0 bridgehead atoms. The van der Waals surface area contributed by atoms with Crippen molar-refractivity contribution in [1.82, 2.24) is 5.32 Å². The molecule has 0 radical (unpaired) electrons. The number of nitrogens with one attached hydrogen (secondary N) is 1. The molecule has 1 heterocycles. The molecule has 11 heavy (non-hydrogen) atoms. The minimum Gasteiger partial charge on any atom is -0.369 e. The highest BCUT2D eigenvalue weighted by Crippen LogP contribution is 2.23. The van der Waals surface area contributed by atoms with E-state index >= 15 is 0 Å². The molecule has 0 aliphatic carbocycles. The van der Waals surface area contributed by atoms with Gasteiger partial charge in [-0.05, 0) is 15.9 Å². The minimum absolute atomic E-state index is 0.0185. The maximum atomic E-state index is 12.0. The second kappa shape index (κ2) is 3.27. The Morgan fingerprint density at radius 2 is 2.36 bits per heavy atom. The lowest BCUT2D eigenvalue weighted by Crippen LogP contribution is -2.32. The van der Waals surface area contributed by atoms with Crippen LogP contribution in [0.3, 0.4) is 0 Å². The molecule has 62 valence electrons. The van der Waals surface area contributed by atoms with Gasteiger partial charge in [0.1, 0.15) is 5.70 Å². The first-order valence-corrected chi connectivity index (χ1v) is 3.56. The van der Waals surface area contributed by atoms with Crippen molar-refractivity contribution in [3.63, 3.8) is 0 Å². The Hall–Kier alpha value is -0.490. The second-order valence-corrected chi connectivity index (χ2v) is 2.72. The van der Waals surface area contributed by atoms with E-state index in [4.69, 9.17) is 5.11 Å². The molecule has 1 aliphatic rings. The number of alkyl halides is 2. The standard InChI is InChI=1S/C5H5BrF2N2O/c6-2-3(4(7)8)9-1-10-5(2)11/h1,4-5,11H,(H,9,10). The van der Waals surface area contributed by atoms with E-state index in [0.29, 0.717) is 0 Å². The fourth-order valence-corrected chi connectivity index (χ4v) is 1.02. The van der Waals surface area contributed by atoms with Crippen LogP contribution >= 0.6 is 15.9 Å². The van der Waals surface area contributed by atoms with Gasteiger partial charge in [0.05, 0.1) is 10.8 Å². The van der Waals surface area contributed by atoms with Gasteiger partial charge in [0.15, 0.2) is 6.23 Å². The van der Waals surface area contributed by atoms with Crippen molar-refractivity contribution >= 4 is 22.3 Å². The third-order valence-corrected chi connectivity index (χ3v) is 1.97. The molecule has 0 amide bonds. The summed E-state index contributed by atoms with van der Waals surface area (Å²) in [4.78, 5) is 3.35. The quantitative estimate of drug-likeness (QED) is 0.696. The van der Waals surface area contributed by atoms with Crippen LogP contribution in [-0.4, -0.2) is 24.1 Å². The Labute approximate surface area is 69.9 Å². The number of hydrogen-bond donors (Lipinski definition) is 2. The zero-order valence-corrected chi connectivity index (χ0v) is 6.85. The Morgan fingerprint density at radius 1 is 1.73 bits per heavy atom. The van der Waals surface area contributed by atoms with Crippen LogP contribution in [0.25, 0.3) is 0 Å². The summed E-state index contributed by atoms with van der Waals surface area (Å²) in [6.45, 7) is 0. The molecule has 2 N–H and O–H groups in total. The average Bonchev–Trinajstić information content (AvgIpc) is 1.94. The highest BCUT2D eigenvalue weighted by atomic mass is 79.9. The first-order chi connectivity index (χ1) is 5.13. The topological polar surface area (TPSA) is 44.6 Å². The SMILES string of the molecule is OC1NC=NC(C(F)F)=C1Br. The van der Waals surface area contributed by atoms with Crippen LogP contribution in [0.2, 0.25) is 0 Å². The normalized spacial score (nSPS) is 24.3. The van der Waals surface area contributed by atoms with Gasteiger partial charge in [0.25, 0.3) is 6.43 Å². The van der Waals surface area contributed by atoms with E-state index in [0.717, 1.165) is 6.34 Å². The lowest BCUT2D eigenvalue weighted by Gasteiger charge is -2.16. The summed E-state index contributed by atoms with van der Waals surface area (Å²) >= 11 is 2.79. The van der Waals surface area contributed by atoms with Gasteiger partial charge in [-0.2, -0.15) is 0 Å². The van der Waals surface area contributed by atoms with Crippen LogP contribution in [0.15, 0.2) is 15.2 Å². The molecule has 0 spiro atoms. The zero-order valence-electron chi connectivity index (χ0n) is 5.26. The molecule has 0 aromatic heterocycles. The highest BCUT2D eigenvalue weighted by Gasteiger charge is 2.21. The summed E-state index contributed by atoms with van der Waals surface area (Å²) in [5.74, 6) is 0. The van der Waals surface area contributed by atoms with Gasteiger partial charge >= 0.3 is 0 Å². The van der Waals surface area contributed by atoms with Crippen LogP contribution in [0.1, 0.15) is 0 Å². The Bertz CT molecular complexity index is 217. The van der Waals surface area contributed by atoms with Crippen molar-refractivity contribution in [2.75, 3.05) is 0 Å². The van der Waals surface area contributed by atoms with Crippen LogP contribution in [-0.2, 0) is 0 Å². The van der Waals surface area contributed by atoms with E-state index in [-0.39, 0.29) is 4.48 Å². The van der Waals surface area contributed by atoms with Gasteiger partial charge in [-0.25, -0.2) is 13.8 Å². The number of aliphatic imine (C=N–C) groups is 1. The summed E-state index contributed by atoms with van der Waals surface area (Å²) in [6, 6.07) is 0. The summed E-state index contributed by atoms with van der Waals surface area (Å²) in [7, 11) is 0. The summed E-state index contributed by atoms with van der Waals surface area (Å²) < 4.78 is 24.0. The molecule has 1 atom stereocenters. The molecule has 3 nitrogen and oxygen atoms in total. The second-order valence-electron chi connectivity index (χ2n) is 1.86. The molecular formula is C5H5BrF2N2O. The van der Waals surface area contributed by atoms with E-state index in [9.17, 15) is 8.78 Å². The predicted octanol–water partition coefficient (Wildman–Crippen LogP) is 0.808. The lowest BCUT2D eigenvalue weighted by atomic mass is 10.3. The fraction of sp³-hybridized carbons (Fsp3) is 0.400. The first kappa shape index (κ1) is 8.61. The van der Waals surface area contributed by atoms with Crippen molar-refractivity contribution < 1.29 is 13.9 Å². The smallest absolute Gasteiger partial charge is 0.281 e. The molecule has 0 saturated carbocycles. The van der Waals surface area contributed by atoms with Crippen molar-refractivity contribution in [3.05, 3.63) is 10.2 Å². The van der Waals surface area contributed by atoms with E-state index in [1.807, 2.05) is 0 Å². The van der Waals surface area contributed by atoms with Gasteiger partial charge in [0, 0.05) is 0 Å². The third-order valence-electron chi connectivity index (χ3n) is 1.13. The number of aliphatic hydroxyl groups excluding tert-OH is 1. The molecule has 1 unspecified atom stereocenters. The number of aliphatic hydroxyl groups is 1. The number of allylic oxidation sites excluding steroid dienone is 1. The van der Waals surface area contributed by atoms with Crippen molar-refractivity contribution in [2.24, 2.45) is 4.99 Å². The molecule has 0 fully saturated rings. The molecule has 0 aromatic rings. The number of nitrogens with zero attached hydrogens (tertiary/aromatic N) is 1. The predicted molar refractivity (Wildman–Crippen MR) is 39.6 cm³/mol. The summed E-state index contributed by atoms with van der Waals surface area (Å²) in [5, 5.41) is 11.3. The van der Waals surface area contributed by atoms with Crippen LogP contribution in [0.4, 0.5) is 8.78 Å². The summed E-state index contributed by atoms with van der Waals surface area (Å²) in [5.41, 5.74) is -0.434. The number of rotatable bonds is 1. The molecular weight excluding hydrogens is 222 g/mol. The van der Waals surface area contributed by atoms with Gasteiger partial charge in [-0.15, -0.1) is 0 Å². The molecule has 1 rings (SSSR count). The Balaban J connectivity index is 2.89. The van der Waals surface area contributed by atoms with Crippen molar-refractivity contribution in [3.8, 4) is 0 Å². The Kier molecular flexibility index (Phi) is 2.56. The van der Waals surface area contributed by atoms with E-state index in [2.05, 4.69) is 26.2 Å².